The number of carbonyl (C=O) groups excluding carboxylic acids is 1. The molecule has 1 aromatic carbocycles. The summed E-state index contributed by atoms with van der Waals surface area (Å²) in [7, 11) is 0. The van der Waals surface area contributed by atoms with E-state index >= 15 is 0 Å². The fourth-order valence-corrected chi connectivity index (χ4v) is 3.39. The highest BCUT2D eigenvalue weighted by atomic mass is 32.1. The molecule has 2 heterocycles. The number of aryl methyl sites for hydroxylation is 2. The van der Waals surface area contributed by atoms with Gasteiger partial charge in [0.2, 0.25) is 5.90 Å². The lowest BCUT2D eigenvalue weighted by Gasteiger charge is -1.94. The number of hydrogen-bond acceptors (Lipinski definition) is 5. The van der Waals surface area contributed by atoms with Crippen LogP contribution in [0.3, 0.4) is 0 Å². The Morgan fingerprint density at radius 2 is 2.22 bits per heavy atom. The number of benzene rings is 1. The zero-order valence-electron chi connectivity index (χ0n) is 12.8. The fraction of sp³-hybridized carbons (Fsp3) is 0.167. The van der Waals surface area contributed by atoms with E-state index in [1.54, 1.807) is 35.6 Å². The Morgan fingerprint density at radius 3 is 2.91 bits per heavy atom. The molecular formula is C18H14N2O2S. The number of carbonyl (C=O) groups is 1. The van der Waals surface area contributed by atoms with Crippen LogP contribution in [0.1, 0.15) is 33.4 Å². The molecule has 0 saturated heterocycles. The van der Waals surface area contributed by atoms with Crippen molar-refractivity contribution >= 4 is 29.3 Å². The van der Waals surface area contributed by atoms with E-state index in [-0.39, 0.29) is 5.70 Å². The van der Waals surface area contributed by atoms with Crippen molar-refractivity contribution in [3.63, 3.8) is 0 Å². The van der Waals surface area contributed by atoms with Crippen LogP contribution in [0.5, 0.6) is 0 Å². The van der Waals surface area contributed by atoms with E-state index in [1.165, 1.54) is 10.4 Å². The fourth-order valence-electron chi connectivity index (χ4n) is 2.35. The number of nitrogens with zero attached hydrogens (tertiary/aromatic N) is 2. The van der Waals surface area contributed by atoms with Gasteiger partial charge < -0.3 is 4.74 Å². The second kappa shape index (κ2) is 6.19. The van der Waals surface area contributed by atoms with Crippen LogP contribution >= 0.6 is 11.3 Å². The van der Waals surface area contributed by atoms with Crippen molar-refractivity contribution < 1.29 is 9.53 Å². The Hall–Kier alpha value is -2.71. The van der Waals surface area contributed by atoms with Crippen molar-refractivity contribution in [3.05, 3.63) is 62.5 Å². The minimum absolute atomic E-state index is 0.249. The van der Waals surface area contributed by atoms with Gasteiger partial charge >= 0.3 is 5.97 Å². The molecule has 0 aliphatic carbocycles. The summed E-state index contributed by atoms with van der Waals surface area (Å²) in [6, 6.07) is 11.1. The predicted octanol–water partition coefficient (Wildman–Crippen LogP) is 3.84. The Kier molecular flexibility index (Phi) is 4.09. The maximum Gasteiger partial charge on any atom is 0.363 e. The zero-order chi connectivity index (χ0) is 16.4. The number of esters is 1. The molecular weight excluding hydrogens is 308 g/mol. The van der Waals surface area contributed by atoms with Crippen molar-refractivity contribution in [2.45, 2.75) is 20.3 Å². The number of thiophene rings is 1. The molecule has 4 nitrogen and oxygen atoms in total. The first kappa shape index (κ1) is 15.2. The maximum atomic E-state index is 12.0. The molecule has 5 heteroatoms. The number of aliphatic imine (C=N–C) groups is 1. The third-order valence-electron chi connectivity index (χ3n) is 3.49. The standard InChI is InChI=1S/C18H14N2O2S/c1-3-15-11(2)7-16(23-15)17-20-14(18(21)22-17)9-12-5-4-6-13(8-12)10-19/h4-9H,3H2,1-2H3. The molecule has 0 amide bonds. The van der Waals surface area contributed by atoms with E-state index < -0.39 is 5.97 Å². The Bertz CT molecular complexity index is 885. The first-order chi connectivity index (χ1) is 11.1. The molecule has 114 valence electrons. The second-order valence-corrected chi connectivity index (χ2v) is 6.28. The van der Waals surface area contributed by atoms with Gasteiger partial charge in [0.15, 0.2) is 5.70 Å². The van der Waals surface area contributed by atoms with E-state index in [2.05, 4.69) is 18.0 Å². The second-order valence-electron chi connectivity index (χ2n) is 5.14. The van der Waals surface area contributed by atoms with E-state index in [4.69, 9.17) is 10.00 Å². The smallest absolute Gasteiger partial charge is 0.363 e. The lowest BCUT2D eigenvalue weighted by Crippen LogP contribution is -2.03. The molecule has 0 fully saturated rings. The number of hydrogen-bond donors (Lipinski definition) is 0. The van der Waals surface area contributed by atoms with Gasteiger partial charge in [-0.05, 0) is 48.7 Å². The molecule has 23 heavy (non-hydrogen) atoms. The Labute approximate surface area is 138 Å². The molecule has 0 unspecified atom stereocenters. The van der Waals surface area contributed by atoms with Crippen LogP contribution in [-0.2, 0) is 16.0 Å². The number of ether oxygens (including phenoxy) is 1. The molecule has 0 N–H and O–H groups in total. The summed E-state index contributed by atoms with van der Waals surface area (Å²) in [6.07, 6.45) is 2.58. The minimum atomic E-state index is -0.466. The largest absolute Gasteiger partial charge is 0.401 e. The molecule has 2 aromatic rings. The summed E-state index contributed by atoms with van der Waals surface area (Å²) in [5.41, 5.74) is 2.72. The Morgan fingerprint density at radius 1 is 1.39 bits per heavy atom. The normalized spacial score (nSPS) is 15.4. The average Bonchev–Trinajstić information content (AvgIpc) is 3.10. The van der Waals surface area contributed by atoms with Crippen molar-refractivity contribution in [2.24, 2.45) is 4.99 Å². The topological polar surface area (TPSA) is 62.5 Å². The van der Waals surface area contributed by atoms with Crippen molar-refractivity contribution in [2.75, 3.05) is 0 Å². The molecule has 1 aromatic heterocycles. The highest BCUT2D eigenvalue weighted by molar-refractivity contribution is 7.14. The van der Waals surface area contributed by atoms with Gasteiger partial charge in [-0.3, -0.25) is 0 Å². The first-order valence-corrected chi connectivity index (χ1v) is 8.04. The quantitative estimate of drug-likeness (QED) is 0.637. The van der Waals surface area contributed by atoms with Gasteiger partial charge in [-0.2, -0.15) is 5.26 Å². The van der Waals surface area contributed by atoms with Crippen molar-refractivity contribution in [3.8, 4) is 6.07 Å². The molecule has 0 radical (unpaired) electrons. The van der Waals surface area contributed by atoms with E-state index in [1.807, 2.05) is 19.1 Å². The lowest BCUT2D eigenvalue weighted by atomic mass is 10.1. The zero-order valence-corrected chi connectivity index (χ0v) is 13.6. The van der Waals surface area contributed by atoms with Gasteiger partial charge in [0.25, 0.3) is 0 Å². The number of cyclic esters (lactones) is 1. The lowest BCUT2D eigenvalue weighted by molar-refractivity contribution is -0.129. The highest BCUT2D eigenvalue weighted by Crippen LogP contribution is 2.27. The molecule has 1 aliphatic heterocycles. The van der Waals surface area contributed by atoms with Gasteiger partial charge in [0.1, 0.15) is 0 Å². The molecule has 3 rings (SSSR count). The van der Waals surface area contributed by atoms with E-state index in [9.17, 15) is 4.79 Å². The molecule has 0 bridgehead atoms. The van der Waals surface area contributed by atoms with Crippen LogP contribution in [0.4, 0.5) is 0 Å². The van der Waals surface area contributed by atoms with Crippen LogP contribution in [-0.4, -0.2) is 11.9 Å². The van der Waals surface area contributed by atoms with Crippen LogP contribution in [0.15, 0.2) is 41.0 Å². The Balaban J connectivity index is 1.94. The van der Waals surface area contributed by atoms with Crippen LogP contribution < -0.4 is 0 Å². The molecule has 1 aliphatic rings. The van der Waals surface area contributed by atoms with Crippen LogP contribution in [0.2, 0.25) is 0 Å². The molecule has 0 spiro atoms. The van der Waals surface area contributed by atoms with Crippen LogP contribution in [0.25, 0.3) is 6.08 Å². The molecule has 0 atom stereocenters. The average molecular weight is 322 g/mol. The van der Waals surface area contributed by atoms with Crippen LogP contribution in [0, 0.1) is 18.3 Å². The van der Waals surface area contributed by atoms with Gasteiger partial charge in [-0.1, -0.05) is 19.1 Å². The maximum absolute atomic E-state index is 12.0. The van der Waals surface area contributed by atoms with Crippen molar-refractivity contribution in [1.29, 1.82) is 5.26 Å². The van der Waals surface area contributed by atoms with Gasteiger partial charge in [-0.25, -0.2) is 9.79 Å². The van der Waals surface area contributed by atoms with E-state index in [0.29, 0.717) is 11.5 Å². The van der Waals surface area contributed by atoms with Gasteiger partial charge in [-0.15, -0.1) is 11.3 Å². The monoisotopic (exact) mass is 322 g/mol. The van der Waals surface area contributed by atoms with Gasteiger partial charge in [0.05, 0.1) is 16.5 Å². The predicted molar refractivity (Wildman–Crippen MR) is 90.2 cm³/mol. The first-order valence-electron chi connectivity index (χ1n) is 7.23. The van der Waals surface area contributed by atoms with Gasteiger partial charge in [0, 0.05) is 4.88 Å². The highest BCUT2D eigenvalue weighted by Gasteiger charge is 2.25. The van der Waals surface area contributed by atoms with E-state index in [0.717, 1.165) is 16.9 Å². The summed E-state index contributed by atoms with van der Waals surface area (Å²) in [6.45, 7) is 4.14. The summed E-state index contributed by atoms with van der Waals surface area (Å²) in [5, 5.41) is 8.93. The summed E-state index contributed by atoms with van der Waals surface area (Å²) < 4.78 is 5.29. The van der Waals surface area contributed by atoms with Crippen molar-refractivity contribution in [1.82, 2.24) is 0 Å². The summed E-state index contributed by atoms with van der Waals surface area (Å²) >= 11 is 1.59. The molecule has 0 saturated carbocycles. The number of nitriles is 1. The third-order valence-corrected chi connectivity index (χ3v) is 4.86. The third kappa shape index (κ3) is 3.08. The minimum Gasteiger partial charge on any atom is -0.401 e. The SMILES string of the molecule is CCc1sc(C2=NC(=Cc3cccc(C#N)c3)C(=O)O2)cc1C. The number of rotatable bonds is 3. The summed E-state index contributed by atoms with van der Waals surface area (Å²) in [4.78, 5) is 18.4. The summed E-state index contributed by atoms with van der Waals surface area (Å²) in [5.74, 6) is -0.114.